The second-order valence-electron chi connectivity index (χ2n) is 7.14. The van der Waals surface area contributed by atoms with E-state index >= 15 is 0 Å². The maximum Gasteiger partial charge on any atom is 0.243 e. The van der Waals surface area contributed by atoms with Crippen LogP contribution in [0, 0.1) is 0 Å². The van der Waals surface area contributed by atoms with Gasteiger partial charge in [0.1, 0.15) is 0 Å². The van der Waals surface area contributed by atoms with E-state index in [2.05, 4.69) is 6.07 Å². The van der Waals surface area contributed by atoms with Gasteiger partial charge in [0.15, 0.2) is 11.5 Å². The van der Waals surface area contributed by atoms with Crippen LogP contribution in [0.2, 0.25) is 0 Å². The van der Waals surface area contributed by atoms with E-state index in [9.17, 15) is 8.42 Å². The lowest BCUT2D eigenvalue weighted by Crippen LogP contribution is -2.33. The topological polar surface area (TPSA) is 55.8 Å². The van der Waals surface area contributed by atoms with Crippen molar-refractivity contribution in [3.05, 3.63) is 66.2 Å². The predicted octanol–water partition coefficient (Wildman–Crippen LogP) is 4.44. The summed E-state index contributed by atoms with van der Waals surface area (Å²) in [6, 6.07) is 19.1. The molecule has 0 amide bonds. The van der Waals surface area contributed by atoms with Crippen molar-refractivity contribution in [2.24, 2.45) is 0 Å². The Balaban J connectivity index is 1.40. The molecule has 0 saturated carbocycles. The summed E-state index contributed by atoms with van der Waals surface area (Å²) < 4.78 is 39.4. The summed E-state index contributed by atoms with van der Waals surface area (Å²) in [5.41, 5.74) is 1.16. The molecule has 1 atom stereocenters. The van der Waals surface area contributed by atoms with Gasteiger partial charge in [0, 0.05) is 29.5 Å². The molecule has 1 unspecified atom stereocenters. The molecule has 0 aliphatic carbocycles. The lowest BCUT2D eigenvalue weighted by Gasteiger charge is -2.21. The first kappa shape index (κ1) is 18.8. The van der Waals surface area contributed by atoms with Gasteiger partial charge in [-0.25, -0.2) is 8.42 Å². The third-order valence-electron chi connectivity index (χ3n) is 5.44. The van der Waals surface area contributed by atoms with E-state index in [0.717, 1.165) is 40.0 Å². The number of nitrogens with zero attached hydrogens (tertiary/aromatic N) is 1. The van der Waals surface area contributed by atoms with Crippen LogP contribution in [0.3, 0.4) is 0 Å². The fraction of sp³-hybridized carbons (Fsp3) is 0.273. The molecule has 5 rings (SSSR count). The van der Waals surface area contributed by atoms with Gasteiger partial charge >= 0.3 is 0 Å². The highest BCUT2D eigenvalue weighted by molar-refractivity contribution is 7.99. The van der Waals surface area contributed by atoms with Gasteiger partial charge in [-0.3, -0.25) is 0 Å². The summed E-state index contributed by atoms with van der Waals surface area (Å²) in [4.78, 5) is 0.391. The van der Waals surface area contributed by atoms with Crippen molar-refractivity contribution in [3.8, 4) is 11.5 Å². The van der Waals surface area contributed by atoms with Crippen LogP contribution in [0.15, 0.2) is 65.6 Å². The Hall–Kier alpha value is -2.22. The molecule has 0 bridgehead atoms. The summed E-state index contributed by atoms with van der Waals surface area (Å²) in [5, 5.41) is 1.95. The predicted molar refractivity (Wildman–Crippen MR) is 115 cm³/mol. The highest BCUT2D eigenvalue weighted by Crippen LogP contribution is 2.41. The molecule has 0 N–H and O–H groups in total. The average Bonchev–Trinajstić information content (AvgIpc) is 3.07. The molecule has 2 aliphatic rings. The second kappa shape index (κ2) is 7.55. The second-order valence-corrected chi connectivity index (χ2v) is 10.4. The van der Waals surface area contributed by atoms with Gasteiger partial charge < -0.3 is 9.47 Å². The molecular weight excluding hydrogens is 406 g/mol. The number of rotatable bonds is 3. The number of thioether (sulfide) groups is 1. The Labute approximate surface area is 174 Å². The van der Waals surface area contributed by atoms with Crippen LogP contribution in [0.5, 0.6) is 11.5 Å². The standard InChI is InChI=1S/C22H21NO4S2/c24-29(25,22-7-3-5-16-4-1-2-6-18(16)22)23-11-10-21(28-13-12-23)17-8-9-19-20(14-17)27-15-26-19/h1-9,14,21H,10-13,15H2. The molecular formula is C22H21NO4S2. The van der Waals surface area contributed by atoms with Crippen molar-refractivity contribution in [2.75, 3.05) is 25.6 Å². The first-order valence-corrected chi connectivity index (χ1v) is 12.1. The number of hydrogen-bond acceptors (Lipinski definition) is 5. The number of sulfonamides is 1. The van der Waals surface area contributed by atoms with Gasteiger partial charge in [0.2, 0.25) is 16.8 Å². The molecule has 150 valence electrons. The van der Waals surface area contributed by atoms with E-state index in [1.54, 1.807) is 22.1 Å². The fourth-order valence-corrected chi connectivity index (χ4v) is 6.94. The van der Waals surface area contributed by atoms with Crippen LogP contribution in [0.4, 0.5) is 0 Å². The van der Waals surface area contributed by atoms with Crippen LogP contribution in [0.1, 0.15) is 17.2 Å². The summed E-state index contributed by atoms with van der Waals surface area (Å²) in [5.74, 6) is 2.29. The lowest BCUT2D eigenvalue weighted by atomic mass is 10.1. The maximum atomic E-state index is 13.4. The van der Waals surface area contributed by atoms with Crippen LogP contribution in [0.25, 0.3) is 10.8 Å². The molecule has 3 aromatic rings. The van der Waals surface area contributed by atoms with Gasteiger partial charge in [0.25, 0.3) is 0 Å². The minimum atomic E-state index is -3.55. The van der Waals surface area contributed by atoms with E-state index in [1.807, 2.05) is 48.5 Å². The first-order valence-electron chi connectivity index (χ1n) is 9.62. The number of benzene rings is 3. The van der Waals surface area contributed by atoms with E-state index in [-0.39, 0.29) is 12.0 Å². The highest BCUT2D eigenvalue weighted by Gasteiger charge is 2.30. The minimum absolute atomic E-state index is 0.234. The third-order valence-corrected chi connectivity index (χ3v) is 8.72. The van der Waals surface area contributed by atoms with Crippen molar-refractivity contribution in [2.45, 2.75) is 16.6 Å². The van der Waals surface area contributed by atoms with Gasteiger partial charge in [-0.05, 0) is 35.6 Å². The van der Waals surface area contributed by atoms with Gasteiger partial charge in [-0.1, -0.05) is 42.5 Å². The van der Waals surface area contributed by atoms with Crippen LogP contribution >= 0.6 is 11.8 Å². The molecule has 3 aromatic carbocycles. The van der Waals surface area contributed by atoms with E-state index in [1.165, 1.54) is 0 Å². The van der Waals surface area contributed by atoms with Crippen LogP contribution in [-0.4, -0.2) is 38.4 Å². The zero-order valence-electron chi connectivity index (χ0n) is 15.8. The Bertz CT molecular complexity index is 1160. The molecule has 0 radical (unpaired) electrons. The highest BCUT2D eigenvalue weighted by atomic mass is 32.2. The molecule has 1 saturated heterocycles. The minimum Gasteiger partial charge on any atom is -0.454 e. The van der Waals surface area contributed by atoms with Crippen molar-refractivity contribution in [3.63, 3.8) is 0 Å². The van der Waals surface area contributed by atoms with Crippen molar-refractivity contribution >= 4 is 32.6 Å². The first-order chi connectivity index (χ1) is 14.1. The van der Waals surface area contributed by atoms with Crippen molar-refractivity contribution in [1.29, 1.82) is 0 Å². The number of ether oxygens (including phenoxy) is 2. The SMILES string of the molecule is O=S(=O)(c1cccc2ccccc12)N1CCSC(c2ccc3c(c2)OCO3)CC1. The maximum absolute atomic E-state index is 13.4. The third kappa shape index (κ3) is 3.47. The van der Waals surface area contributed by atoms with E-state index < -0.39 is 10.0 Å². The summed E-state index contributed by atoms with van der Waals surface area (Å²) in [6.45, 7) is 1.27. The summed E-state index contributed by atoms with van der Waals surface area (Å²) >= 11 is 1.80. The molecule has 2 heterocycles. The van der Waals surface area contributed by atoms with Crippen molar-refractivity contribution < 1.29 is 17.9 Å². The molecule has 0 aromatic heterocycles. The molecule has 1 fully saturated rings. The fourth-order valence-electron chi connectivity index (χ4n) is 3.93. The van der Waals surface area contributed by atoms with Gasteiger partial charge in [-0.15, -0.1) is 0 Å². The molecule has 2 aliphatic heterocycles. The van der Waals surface area contributed by atoms with E-state index in [0.29, 0.717) is 18.0 Å². The van der Waals surface area contributed by atoms with Gasteiger partial charge in [-0.2, -0.15) is 16.1 Å². The van der Waals surface area contributed by atoms with Crippen molar-refractivity contribution in [1.82, 2.24) is 4.31 Å². The normalized spacial score (nSPS) is 19.9. The Kier molecular flexibility index (Phi) is 4.89. The smallest absolute Gasteiger partial charge is 0.243 e. The summed E-state index contributed by atoms with van der Waals surface area (Å²) in [7, 11) is -3.55. The molecule has 29 heavy (non-hydrogen) atoms. The Morgan fingerprint density at radius 3 is 2.69 bits per heavy atom. The average molecular weight is 428 g/mol. The van der Waals surface area contributed by atoms with Crippen LogP contribution < -0.4 is 9.47 Å². The van der Waals surface area contributed by atoms with E-state index in [4.69, 9.17) is 9.47 Å². The lowest BCUT2D eigenvalue weighted by molar-refractivity contribution is 0.174. The Morgan fingerprint density at radius 1 is 0.931 bits per heavy atom. The number of hydrogen-bond donors (Lipinski definition) is 0. The monoisotopic (exact) mass is 427 g/mol. The van der Waals surface area contributed by atoms with Gasteiger partial charge in [0.05, 0.1) is 4.90 Å². The summed E-state index contributed by atoms with van der Waals surface area (Å²) in [6.07, 6.45) is 0.758. The zero-order chi connectivity index (χ0) is 19.8. The Morgan fingerprint density at radius 2 is 1.76 bits per heavy atom. The zero-order valence-corrected chi connectivity index (χ0v) is 17.4. The largest absolute Gasteiger partial charge is 0.454 e. The van der Waals surface area contributed by atoms with Crippen LogP contribution in [-0.2, 0) is 10.0 Å². The molecule has 5 nitrogen and oxygen atoms in total. The quantitative estimate of drug-likeness (QED) is 0.619. The molecule has 0 spiro atoms. The number of fused-ring (bicyclic) bond motifs is 2. The molecule has 7 heteroatoms.